The van der Waals surface area contributed by atoms with Crippen LogP contribution in [0.2, 0.25) is 0 Å². The van der Waals surface area contributed by atoms with Gasteiger partial charge in [0.2, 0.25) is 10.0 Å². The molecule has 4 aromatic rings. The molecule has 1 aliphatic rings. The first-order valence-electron chi connectivity index (χ1n) is 13.8. The van der Waals surface area contributed by atoms with E-state index in [9.17, 15) is 35.6 Å². The number of nitrogens with one attached hydrogen (secondary N) is 2. The molecule has 2 amide bonds. The monoisotopic (exact) mass is 631 g/mol. The van der Waals surface area contributed by atoms with Gasteiger partial charge in [-0.25, -0.2) is 12.8 Å². The largest absolute Gasteiger partial charge is 0.455 e. The average molecular weight is 632 g/mol. The van der Waals surface area contributed by atoms with E-state index in [2.05, 4.69) is 10.6 Å². The lowest BCUT2D eigenvalue weighted by atomic mass is 9.97. The lowest BCUT2D eigenvalue weighted by Crippen LogP contribution is -2.46. The lowest BCUT2D eigenvalue weighted by Gasteiger charge is -2.24. The number of rotatable bonds is 9. The summed E-state index contributed by atoms with van der Waals surface area (Å²) in [6.07, 6.45) is -2.86. The molecule has 0 saturated heterocycles. The van der Waals surface area contributed by atoms with Crippen LogP contribution in [0.3, 0.4) is 0 Å². The molecule has 1 aliphatic carbocycles. The molecule has 0 spiro atoms. The van der Waals surface area contributed by atoms with Gasteiger partial charge >= 0.3 is 6.18 Å². The summed E-state index contributed by atoms with van der Waals surface area (Å²) in [5.41, 5.74) is 1.37. The van der Waals surface area contributed by atoms with E-state index in [1.54, 1.807) is 19.1 Å². The first-order valence-corrected chi connectivity index (χ1v) is 15.6. The number of nitrogens with zero attached hydrogens (tertiary/aromatic N) is 1. The summed E-state index contributed by atoms with van der Waals surface area (Å²) in [5, 5.41) is 4.96. The van der Waals surface area contributed by atoms with E-state index in [1.807, 2.05) is 0 Å². The van der Waals surface area contributed by atoms with Gasteiger partial charge in [-0.05, 0) is 73.7 Å². The van der Waals surface area contributed by atoms with Crippen molar-refractivity contribution < 1.29 is 40.0 Å². The zero-order chi connectivity index (χ0) is 32.0. The molecule has 5 rings (SSSR count). The van der Waals surface area contributed by atoms with Gasteiger partial charge in [0.05, 0.1) is 17.5 Å². The van der Waals surface area contributed by atoms with Crippen molar-refractivity contribution in [3.63, 3.8) is 0 Å². The SMILES string of the molecule is CCN(c1cc2oc(-c3ccc(F)cc3)c(C(=O)NC)c2cc1-c1cccc(C(=O)NC(C2CC2)C(F)(F)F)c1)S(C)(=O)=O. The molecule has 0 aliphatic heterocycles. The number of fused-ring (bicyclic) bond motifs is 1. The fraction of sp³-hybridized carbons (Fsp3) is 0.290. The average Bonchev–Trinajstić information content (AvgIpc) is 3.74. The number of furan rings is 1. The number of anilines is 1. The predicted octanol–water partition coefficient (Wildman–Crippen LogP) is 6.12. The lowest BCUT2D eigenvalue weighted by molar-refractivity contribution is -0.158. The Bertz CT molecular complexity index is 1850. The summed E-state index contributed by atoms with van der Waals surface area (Å²) < 4.78 is 87.4. The van der Waals surface area contributed by atoms with Gasteiger partial charge in [0.15, 0.2) is 0 Å². The van der Waals surface area contributed by atoms with E-state index < -0.39 is 45.8 Å². The molecular formula is C31H29F4N3O5S. The van der Waals surface area contributed by atoms with Gasteiger partial charge in [-0.2, -0.15) is 13.2 Å². The fourth-order valence-corrected chi connectivity index (χ4v) is 6.23. The normalized spacial score (nSPS) is 14.3. The third kappa shape index (κ3) is 6.14. The number of hydrogen-bond donors (Lipinski definition) is 2. The molecule has 0 radical (unpaired) electrons. The van der Waals surface area contributed by atoms with Crippen LogP contribution in [0.5, 0.6) is 0 Å². The smallest absolute Gasteiger partial charge is 0.408 e. The Morgan fingerprint density at radius 2 is 1.70 bits per heavy atom. The zero-order valence-electron chi connectivity index (χ0n) is 24.0. The highest BCUT2D eigenvalue weighted by atomic mass is 32.2. The second kappa shape index (κ2) is 11.6. The molecule has 2 N–H and O–H groups in total. The minimum atomic E-state index is -4.61. The number of benzene rings is 3. The maximum atomic E-state index is 13.7. The number of sulfonamides is 1. The second-order valence-corrected chi connectivity index (χ2v) is 12.5. The molecular weight excluding hydrogens is 602 g/mol. The predicted molar refractivity (Wildman–Crippen MR) is 158 cm³/mol. The maximum absolute atomic E-state index is 13.7. The van der Waals surface area contributed by atoms with Crippen molar-refractivity contribution in [1.82, 2.24) is 10.6 Å². The Hall–Kier alpha value is -4.39. The van der Waals surface area contributed by atoms with Crippen molar-refractivity contribution in [2.45, 2.75) is 32.0 Å². The van der Waals surface area contributed by atoms with Crippen molar-refractivity contribution in [2.24, 2.45) is 5.92 Å². The van der Waals surface area contributed by atoms with Gasteiger partial charge < -0.3 is 15.1 Å². The van der Waals surface area contributed by atoms with Crippen LogP contribution in [-0.4, -0.2) is 52.3 Å². The minimum absolute atomic E-state index is 0.0139. The van der Waals surface area contributed by atoms with Crippen LogP contribution < -0.4 is 14.9 Å². The van der Waals surface area contributed by atoms with Crippen LogP contribution in [-0.2, 0) is 10.0 Å². The van der Waals surface area contributed by atoms with Crippen molar-refractivity contribution in [2.75, 3.05) is 24.2 Å². The summed E-state index contributed by atoms with van der Waals surface area (Å²) in [7, 11) is -2.42. The van der Waals surface area contributed by atoms with Crippen LogP contribution in [0.1, 0.15) is 40.5 Å². The van der Waals surface area contributed by atoms with Gasteiger partial charge in [0.25, 0.3) is 11.8 Å². The molecule has 1 fully saturated rings. The highest BCUT2D eigenvalue weighted by Crippen LogP contribution is 2.42. The van der Waals surface area contributed by atoms with Crippen LogP contribution in [0.15, 0.2) is 65.1 Å². The topological polar surface area (TPSA) is 109 Å². The van der Waals surface area contributed by atoms with Crippen LogP contribution >= 0.6 is 0 Å². The van der Waals surface area contributed by atoms with Gasteiger partial charge in [-0.3, -0.25) is 13.9 Å². The first-order chi connectivity index (χ1) is 20.7. The molecule has 232 valence electrons. The Morgan fingerprint density at radius 1 is 1.02 bits per heavy atom. The summed E-state index contributed by atoms with van der Waals surface area (Å²) in [4.78, 5) is 26.1. The number of alkyl halides is 3. The Labute approximate surface area is 251 Å². The number of carbonyl (C=O) groups excluding carboxylic acids is 2. The highest BCUT2D eigenvalue weighted by Gasteiger charge is 2.49. The fourth-order valence-electron chi connectivity index (χ4n) is 5.26. The molecule has 0 bridgehead atoms. The van der Waals surface area contributed by atoms with E-state index >= 15 is 0 Å². The summed E-state index contributed by atoms with van der Waals surface area (Å²) in [6, 6.07) is 12.1. The molecule has 1 heterocycles. The van der Waals surface area contributed by atoms with E-state index in [0.29, 0.717) is 29.4 Å². The number of amides is 2. The third-order valence-electron chi connectivity index (χ3n) is 7.49. The molecule has 3 aromatic carbocycles. The van der Waals surface area contributed by atoms with Gasteiger partial charge in [0, 0.05) is 41.7 Å². The number of halogens is 4. The summed E-state index contributed by atoms with van der Waals surface area (Å²) in [6.45, 7) is 1.64. The van der Waals surface area contributed by atoms with Gasteiger partial charge in [-0.1, -0.05) is 12.1 Å². The van der Waals surface area contributed by atoms with Crippen LogP contribution in [0.25, 0.3) is 33.4 Å². The summed E-state index contributed by atoms with van der Waals surface area (Å²) >= 11 is 0. The van der Waals surface area contributed by atoms with Crippen molar-refractivity contribution in [3.8, 4) is 22.5 Å². The Kier molecular flexibility index (Phi) is 8.19. The van der Waals surface area contributed by atoms with E-state index in [4.69, 9.17) is 4.42 Å². The molecule has 1 atom stereocenters. The maximum Gasteiger partial charge on any atom is 0.408 e. The molecule has 1 unspecified atom stereocenters. The van der Waals surface area contributed by atoms with Gasteiger partial charge in [-0.15, -0.1) is 0 Å². The third-order valence-corrected chi connectivity index (χ3v) is 8.75. The highest BCUT2D eigenvalue weighted by molar-refractivity contribution is 7.92. The zero-order valence-corrected chi connectivity index (χ0v) is 24.8. The van der Waals surface area contributed by atoms with Crippen molar-refractivity contribution >= 4 is 38.5 Å². The van der Waals surface area contributed by atoms with Gasteiger partial charge in [0.1, 0.15) is 23.2 Å². The Morgan fingerprint density at radius 3 is 2.27 bits per heavy atom. The summed E-state index contributed by atoms with van der Waals surface area (Å²) in [5.74, 6) is -2.50. The molecule has 1 saturated carbocycles. The first kappa shape index (κ1) is 31.0. The molecule has 8 nitrogen and oxygen atoms in total. The van der Waals surface area contributed by atoms with Crippen LogP contribution in [0.4, 0.5) is 23.2 Å². The number of hydrogen-bond acceptors (Lipinski definition) is 5. The molecule has 44 heavy (non-hydrogen) atoms. The van der Waals surface area contributed by atoms with Crippen molar-refractivity contribution in [3.05, 3.63) is 77.6 Å². The van der Waals surface area contributed by atoms with Crippen LogP contribution in [0, 0.1) is 11.7 Å². The van der Waals surface area contributed by atoms with E-state index in [-0.39, 0.29) is 40.3 Å². The van der Waals surface area contributed by atoms with Crippen molar-refractivity contribution in [1.29, 1.82) is 0 Å². The minimum Gasteiger partial charge on any atom is -0.455 e. The number of carbonyl (C=O) groups is 2. The molecule has 13 heteroatoms. The van der Waals surface area contributed by atoms with E-state index in [0.717, 1.165) is 10.6 Å². The Balaban J connectivity index is 1.70. The second-order valence-electron chi connectivity index (χ2n) is 10.6. The molecule has 1 aromatic heterocycles. The van der Waals surface area contributed by atoms with E-state index in [1.165, 1.54) is 55.6 Å². The quantitative estimate of drug-likeness (QED) is 0.217. The standard InChI is InChI=1S/C31H29F4N3O5S/c1-4-38(44(3,41)42)24-16-25-23(26(30(40)36-2)27(43-25)17-10-12-21(32)13-11-17)15-22(24)19-6-5-7-20(14-19)29(39)37-28(18-8-9-18)31(33,34)35/h5-7,10-16,18,28H,4,8-9H2,1-3H3,(H,36,40)(H,37,39).